The fourth-order valence-electron chi connectivity index (χ4n) is 2.93. The third-order valence-corrected chi connectivity index (χ3v) is 4.26. The van der Waals surface area contributed by atoms with Gasteiger partial charge in [-0.25, -0.2) is 14.4 Å². The van der Waals surface area contributed by atoms with Crippen molar-refractivity contribution in [2.75, 3.05) is 0 Å². The van der Waals surface area contributed by atoms with Crippen molar-refractivity contribution >= 4 is 11.7 Å². The van der Waals surface area contributed by atoms with Gasteiger partial charge in [0, 0.05) is 23.5 Å². The highest BCUT2D eigenvalue weighted by Gasteiger charge is 2.33. The summed E-state index contributed by atoms with van der Waals surface area (Å²) in [5.74, 6) is -1.56. The number of carbonyl (C=O) groups excluding carboxylic acids is 1. The highest BCUT2D eigenvalue weighted by Crippen LogP contribution is 2.31. The van der Waals surface area contributed by atoms with E-state index in [-0.39, 0.29) is 22.6 Å². The first-order valence-electron chi connectivity index (χ1n) is 8.22. The molecule has 29 heavy (non-hydrogen) atoms. The van der Waals surface area contributed by atoms with E-state index in [2.05, 4.69) is 15.0 Å². The number of aromatic nitrogens is 4. The van der Waals surface area contributed by atoms with Gasteiger partial charge in [0.15, 0.2) is 0 Å². The second-order valence-corrected chi connectivity index (χ2v) is 6.08. The van der Waals surface area contributed by atoms with Gasteiger partial charge in [0.05, 0.1) is 23.1 Å². The van der Waals surface area contributed by atoms with E-state index in [4.69, 9.17) is 5.73 Å². The number of benzene rings is 1. The lowest BCUT2D eigenvalue weighted by atomic mass is 10.0. The third kappa shape index (κ3) is 3.28. The number of amides is 1. The summed E-state index contributed by atoms with van der Waals surface area (Å²) in [6.07, 6.45) is -0.690. The second kappa shape index (κ2) is 6.66. The average Bonchev–Trinajstić information content (AvgIpc) is 3.11. The lowest BCUT2D eigenvalue weighted by Gasteiger charge is -2.10. The van der Waals surface area contributed by atoms with Crippen LogP contribution in [-0.4, -0.2) is 25.3 Å². The SMILES string of the molecule is NC(=O)c1cccnc1-c1cc(-c2cnc3nc(C(F)(F)F)ccn23)ccc1F. The Morgan fingerprint density at radius 1 is 1.10 bits per heavy atom. The predicted octanol–water partition coefficient (Wildman–Crippen LogP) is 3.72. The van der Waals surface area contributed by atoms with E-state index >= 15 is 0 Å². The molecule has 2 N–H and O–H groups in total. The average molecular weight is 401 g/mol. The van der Waals surface area contributed by atoms with Crippen molar-refractivity contribution < 1.29 is 22.4 Å². The molecule has 0 bridgehead atoms. The quantitative estimate of drug-likeness (QED) is 0.530. The standard InChI is InChI=1S/C19H11F4N5O/c20-13-4-3-10(8-12(13)16-11(17(24)29)2-1-6-25-16)14-9-26-18-27-15(19(21,22)23)5-7-28(14)18/h1-9H,(H2,24,29). The van der Waals surface area contributed by atoms with Crippen LogP contribution >= 0.6 is 0 Å². The van der Waals surface area contributed by atoms with Crippen molar-refractivity contribution in [3.8, 4) is 22.5 Å². The van der Waals surface area contributed by atoms with Gasteiger partial charge in [-0.15, -0.1) is 0 Å². The molecule has 0 atom stereocenters. The highest BCUT2D eigenvalue weighted by molar-refractivity contribution is 5.99. The normalized spacial score (nSPS) is 11.7. The molecule has 1 aromatic carbocycles. The Kier molecular flexibility index (Phi) is 4.26. The van der Waals surface area contributed by atoms with Gasteiger partial charge in [-0.3, -0.25) is 14.2 Å². The van der Waals surface area contributed by atoms with E-state index < -0.39 is 23.6 Å². The fraction of sp³-hybridized carbons (Fsp3) is 0.0526. The van der Waals surface area contributed by atoms with Gasteiger partial charge in [0.1, 0.15) is 11.5 Å². The number of rotatable bonds is 3. The van der Waals surface area contributed by atoms with Crippen molar-refractivity contribution in [1.82, 2.24) is 19.4 Å². The van der Waals surface area contributed by atoms with Crippen LogP contribution in [0.1, 0.15) is 16.1 Å². The summed E-state index contributed by atoms with van der Waals surface area (Å²) in [5, 5.41) is 0. The van der Waals surface area contributed by atoms with E-state index in [1.165, 1.54) is 53.3 Å². The Labute approximate surface area is 160 Å². The predicted molar refractivity (Wildman–Crippen MR) is 95.1 cm³/mol. The monoisotopic (exact) mass is 401 g/mol. The van der Waals surface area contributed by atoms with Crippen LogP contribution in [-0.2, 0) is 6.18 Å². The summed E-state index contributed by atoms with van der Waals surface area (Å²) >= 11 is 0. The molecule has 4 rings (SSSR count). The van der Waals surface area contributed by atoms with Gasteiger partial charge < -0.3 is 5.73 Å². The summed E-state index contributed by atoms with van der Waals surface area (Å²) in [7, 11) is 0. The first kappa shape index (κ1) is 18.5. The highest BCUT2D eigenvalue weighted by atomic mass is 19.4. The van der Waals surface area contributed by atoms with Crippen LogP contribution in [0.15, 0.2) is 55.0 Å². The zero-order valence-corrected chi connectivity index (χ0v) is 14.5. The van der Waals surface area contributed by atoms with Crippen molar-refractivity contribution in [1.29, 1.82) is 0 Å². The number of hydrogen-bond donors (Lipinski definition) is 1. The molecular weight excluding hydrogens is 390 g/mol. The van der Waals surface area contributed by atoms with Crippen LogP contribution in [0.4, 0.5) is 17.6 Å². The first-order chi connectivity index (χ1) is 13.8. The van der Waals surface area contributed by atoms with Gasteiger partial charge in [0.25, 0.3) is 5.91 Å². The van der Waals surface area contributed by atoms with Crippen LogP contribution in [0, 0.1) is 5.82 Å². The first-order valence-corrected chi connectivity index (χ1v) is 8.22. The van der Waals surface area contributed by atoms with Gasteiger partial charge in [-0.05, 0) is 36.4 Å². The summed E-state index contributed by atoms with van der Waals surface area (Å²) in [4.78, 5) is 23.1. The largest absolute Gasteiger partial charge is 0.433 e. The van der Waals surface area contributed by atoms with Crippen molar-refractivity contribution in [2.45, 2.75) is 6.18 Å². The third-order valence-electron chi connectivity index (χ3n) is 4.26. The molecule has 1 amide bonds. The molecule has 0 aliphatic rings. The number of halogens is 4. The van der Waals surface area contributed by atoms with Crippen LogP contribution < -0.4 is 5.73 Å². The molecule has 0 aliphatic carbocycles. The minimum absolute atomic E-state index is 0.0201. The summed E-state index contributed by atoms with van der Waals surface area (Å²) < 4.78 is 54.4. The van der Waals surface area contributed by atoms with Crippen molar-refractivity contribution in [3.63, 3.8) is 0 Å². The minimum Gasteiger partial charge on any atom is -0.366 e. The van der Waals surface area contributed by atoms with Gasteiger partial charge >= 0.3 is 6.18 Å². The Bertz CT molecular complexity index is 1250. The maximum atomic E-state index is 14.5. The molecular formula is C19H11F4N5O. The molecule has 6 nitrogen and oxygen atoms in total. The van der Waals surface area contributed by atoms with E-state index in [9.17, 15) is 22.4 Å². The molecule has 10 heteroatoms. The molecule has 0 radical (unpaired) electrons. The number of nitrogens with zero attached hydrogens (tertiary/aromatic N) is 4. The number of nitrogens with two attached hydrogens (primary N) is 1. The second-order valence-electron chi connectivity index (χ2n) is 6.08. The summed E-state index contributed by atoms with van der Waals surface area (Å²) in [6.45, 7) is 0. The number of carbonyl (C=O) groups is 1. The van der Waals surface area contributed by atoms with Crippen LogP contribution in [0.2, 0.25) is 0 Å². The van der Waals surface area contributed by atoms with E-state index in [0.717, 1.165) is 6.07 Å². The Morgan fingerprint density at radius 3 is 2.62 bits per heavy atom. The van der Waals surface area contributed by atoms with E-state index in [0.29, 0.717) is 11.3 Å². The zero-order chi connectivity index (χ0) is 20.8. The lowest BCUT2D eigenvalue weighted by Crippen LogP contribution is -2.13. The molecule has 0 fully saturated rings. The molecule has 0 unspecified atom stereocenters. The molecule has 3 aromatic heterocycles. The Balaban J connectivity index is 1.86. The Morgan fingerprint density at radius 2 is 1.90 bits per heavy atom. The molecule has 3 heterocycles. The van der Waals surface area contributed by atoms with Gasteiger partial charge in [-0.2, -0.15) is 13.2 Å². The minimum atomic E-state index is -4.60. The smallest absolute Gasteiger partial charge is 0.366 e. The molecule has 146 valence electrons. The van der Waals surface area contributed by atoms with Gasteiger partial charge in [-0.1, -0.05) is 0 Å². The van der Waals surface area contributed by atoms with Gasteiger partial charge in [0.2, 0.25) is 5.78 Å². The van der Waals surface area contributed by atoms with Crippen LogP contribution in [0.3, 0.4) is 0 Å². The number of primary amides is 1. The number of hydrogen-bond acceptors (Lipinski definition) is 4. The van der Waals surface area contributed by atoms with Crippen molar-refractivity contribution in [3.05, 3.63) is 72.1 Å². The van der Waals surface area contributed by atoms with Crippen LogP contribution in [0.5, 0.6) is 0 Å². The summed E-state index contributed by atoms with van der Waals surface area (Å²) in [6, 6.07) is 7.78. The van der Waals surface area contributed by atoms with E-state index in [1.807, 2.05) is 0 Å². The number of alkyl halides is 3. The maximum absolute atomic E-state index is 14.5. The number of pyridine rings is 1. The van der Waals surface area contributed by atoms with Crippen LogP contribution in [0.25, 0.3) is 28.3 Å². The lowest BCUT2D eigenvalue weighted by molar-refractivity contribution is -0.141. The molecule has 0 saturated heterocycles. The summed E-state index contributed by atoms with van der Waals surface area (Å²) in [5.41, 5.74) is 5.22. The van der Waals surface area contributed by atoms with Crippen molar-refractivity contribution in [2.24, 2.45) is 5.73 Å². The number of fused-ring (bicyclic) bond motifs is 1. The fourth-order valence-corrected chi connectivity index (χ4v) is 2.93. The molecule has 0 spiro atoms. The molecule has 4 aromatic rings. The Hall–Kier alpha value is -3.82. The molecule has 0 saturated carbocycles. The maximum Gasteiger partial charge on any atom is 0.433 e. The topological polar surface area (TPSA) is 86.2 Å². The molecule has 0 aliphatic heterocycles. The zero-order valence-electron chi connectivity index (χ0n) is 14.5. The number of imidazole rings is 1. The van der Waals surface area contributed by atoms with E-state index in [1.54, 1.807) is 0 Å².